The molecule has 0 saturated heterocycles. The molecule has 1 aromatic carbocycles. The van der Waals surface area contributed by atoms with Crippen molar-refractivity contribution in [2.75, 3.05) is 27.2 Å². The molecule has 1 aromatic rings. The molecule has 0 spiro atoms. The molecule has 2 N–H and O–H groups in total. The van der Waals surface area contributed by atoms with E-state index in [4.69, 9.17) is 0 Å². The highest BCUT2D eigenvalue weighted by molar-refractivity contribution is 14.0. The van der Waals surface area contributed by atoms with Crippen molar-refractivity contribution in [3.8, 4) is 0 Å². The Morgan fingerprint density at radius 2 is 1.92 bits per heavy atom. The van der Waals surface area contributed by atoms with Crippen LogP contribution < -0.4 is 10.6 Å². The van der Waals surface area contributed by atoms with Crippen LogP contribution in [-0.2, 0) is 13.1 Å². The van der Waals surface area contributed by atoms with Gasteiger partial charge in [-0.2, -0.15) is 0 Å². The zero-order chi connectivity index (χ0) is 17.4. The predicted octanol–water partition coefficient (Wildman–Crippen LogP) is 4.00. The van der Waals surface area contributed by atoms with Gasteiger partial charge in [0.15, 0.2) is 5.96 Å². The standard InChI is InChI=1S/C20H34N4.HI/c1-5-20(11-8-12-20)16-23-19(21-3)22-14-17-9-7-10-18(13-17)15-24(4)6-2;/h7,9-10,13H,5-6,8,11-12,14-16H2,1-4H3,(H2,21,22,23);1H. The van der Waals surface area contributed by atoms with E-state index in [1.54, 1.807) is 0 Å². The summed E-state index contributed by atoms with van der Waals surface area (Å²) in [6.45, 7) is 8.39. The van der Waals surface area contributed by atoms with Crippen LogP contribution in [0.25, 0.3) is 0 Å². The maximum absolute atomic E-state index is 4.37. The minimum Gasteiger partial charge on any atom is -0.356 e. The Hall–Kier alpha value is -0.820. The molecular formula is C20H35IN4. The lowest BCUT2D eigenvalue weighted by atomic mass is 9.67. The molecule has 0 radical (unpaired) electrons. The summed E-state index contributed by atoms with van der Waals surface area (Å²) in [4.78, 5) is 6.68. The molecule has 2 rings (SSSR count). The van der Waals surface area contributed by atoms with Crippen molar-refractivity contribution >= 4 is 29.9 Å². The predicted molar refractivity (Wildman–Crippen MR) is 119 cm³/mol. The number of benzene rings is 1. The largest absolute Gasteiger partial charge is 0.356 e. The second-order valence-electron chi connectivity index (χ2n) is 7.14. The highest BCUT2D eigenvalue weighted by Gasteiger charge is 2.34. The first-order valence-corrected chi connectivity index (χ1v) is 9.31. The maximum Gasteiger partial charge on any atom is 0.191 e. The average Bonchev–Trinajstić information content (AvgIpc) is 2.57. The molecular weight excluding hydrogens is 423 g/mol. The number of nitrogens with zero attached hydrogens (tertiary/aromatic N) is 2. The van der Waals surface area contributed by atoms with Gasteiger partial charge in [0.25, 0.3) is 0 Å². The number of rotatable bonds is 8. The van der Waals surface area contributed by atoms with Crippen LogP contribution in [0.5, 0.6) is 0 Å². The van der Waals surface area contributed by atoms with E-state index in [-0.39, 0.29) is 24.0 Å². The van der Waals surface area contributed by atoms with E-state index in [2.05, 4.69) is 65.7 Å². The molecule has 0 amide bonds. The van der Waals surface area contributed by atoms with Gasteiger partial charge < -0.3 is 15.5 Å². The summed E-state index contributed by atoms with van der Waals surface area (Å²) in [5.41, 5.74) is 3.16. The molecule has 0 atom stereocenters. The first-order chi connectivity index (χ1) is 11.6. The number of aliphatic imine (C=N–C) groups is 1. The van der Waals surface area contributed by atoms with Gasteiger partial charge in [0.05, 0.1) is 0 Å². The summed E-state index contributed by atoms with van der Waals surface area (Å²) in [6, 6.07) is 8.80. The first-order valence-electron chi connectivity index (χ1n) is 9.31. The van der Waals surface area contributed by atoms with Gasteiger partial charge in [-0.05, 0) is 49.4 Å². The number of halogens is 1. The Kier molecular flexibility index (Phi) is 9.79. The monoisotopic (exact) mass is 458 g/mol. The summed E-state index contributed by atoms with van der Waals surface area (Å²) in [7, 11) is 4.00. The quantitative estimate of drug-likeness (QED) is 0.352. The van der Waals surface area contributed by atoms with Crippen LogP contribution in [0.15, 0.2) is 29.3 Å². The SMILES string of the molecule is CCN(C)Cc1cccc(CNC(=NC)NCC2(CC)CCC2)c1.I. The third-order valence-electron chi connectivity index (χ3n) is 5.46. The second kappa shape index (κ2) is 11.0. The number of nitrogens with one attached hydrogen (secondary N) is 2. The van der Waals surface area contributed by atoms with E-state index >= 15 is 0 Å². The first kappa shape index (κ1) is 22.2. The highest BCUT2D eigenvalue weighted by atomic mass is 127. The molecule has 142 valence electrons. The van der Waals surface area contributed by atoms with Gasteiger partial charge in [-0.25, -0.2) is 0 Å². The number of guanidine groups is 1. The molecule has 25 heavy (non-hydrogen) atoms. The van der Waals surface area contributed by atoms with Crippen LogP contribution in [0.1, 0.15) is 50.7 Å². The second-order valence-corrected chi connectivity index (χ2v) is 7.14. The molecule has 4 nitrogen and oxygen atoms in total. The minimum atomic E-state index is 0. The van der Waals surface area contributed by atoms with Gasteiger partial charge in [0, 0.05) is 26.7 Å². The lowest BCUT2D eigenvalue weighted by Crippen LogP contribution is -2.46. The van der Waals surface area contributed by atoms with Gasteiger partial charge in [0.2, 0.25) is 0 Å². The van der Waals surface area contributed by atoms with E-state index in [1.165, 1.54) is 36.8 Å². The number of hydrogen-bond donors (Lipinski definition) is 2. The summed E-state index contributed by atoms with van der Waals surface area (Å²) in [6.07, 6.45) is 5.32. The topological polar surface area (TPSA) is 39.7 Å². The molecule has 0 aliphatic heterocycles. The van der Waals surface area contributed by atoms with Crippen LogP contribution in [0.2, 0.25) is 0 Å². The zero-order valence-corrected chi connectivity index (χ0v) is 18.6. The van der Waals surface area contributed by atoms with E-state index in [0.29, 0.717) is 5.41 Å². The molecule has 0 aromatic heterocycles. The van der Waals surface area contributed by atoms with Crippen molar-refractivity contribution < 1.29 is 0 Å². The molecule has 0 heterocycles. The Bertz CT molecular complexity index is 535. The van der Waals surface area contributed by atoms with Crippen molar-refractivity contribution in [2.24, 2.45) is 10.4 Å². The van der Waals surface area contributed by atoms with E-state index < -0.39 is 0 Å². The van der Waals surface area contributed by atoms with E-state index in [1.807, 2.05) is 7.05 Å². The summed E-state index contributed by atoms with van der Waals surface area (Å²) in [5.74, 6) is 0.908. The van der Waals surface area contributed by atoms with E-state index in [9.17, 15) is 0 Å². The lowest BCUT2D eigenvalue weighted by Gasteiger charge is -2.41. The van der Waals surface area contributed by atoms with Gasteiger partial charge >= 0.3 is 0 Å². The average molecular weight is 458 g/mol. The van der Waals surface area contributed by atoms with Crippen molar-refractivity contribution in [1.29, 1.82) is 0 Å². The van der Waals surface area contributed by atoms with Crippen LogP contribution in [-0.4, -0.2) is 38.0 Å². The van der Waals surface area contributed by atoms with Gasteiger partial charge in [0.1, 0.15) is 0 Å². The fourth-order valence-electron chi connectivity index (χ4n) is 3.27. The molecule has 0 unspecified atom stereocenters. The molecule has 1 aliphatic carbocycles. The van der Waals surface area contributed by atoms with Crippen molar-refractivity contribution in [3.63, 3.8) is 0 Å². The van der Waals surface area contributed by atoms with Crippen LogP contribution in [0.4, 0.5) is 0 Å². The molecule has 0 bridgehead atoms. The fourth-order valence-corrected chi connectivity index (χ4v) is 3.27. The van der Waals surface area contributed by atoms with Crippen molar-refractivity contribution in [2.45, 2.75) is 52.6 Å². The Morgan fingerprint density at radius 1 is 1.20 bits per heavy atom. The van der Waals surface area contributed by atoms with Crippen LogP contribution in [0, 0.1) is 5.41 Å². The normalized spacial score (nSPS) is 16.1. The van der Waals surface area contributed by atoms with Crippen LogP contribution in [0.3, 0.4) is 0 Å². The van der Waals surface area contributed by atoms with Crippen molar-refractivity contribution in [1.82, 2.24) is 15.5 Å². The summed E-state index contributed by atoms with van der Waals surface area (Å²) < 4.78 is 0. The maximum atomic E-state index is 4.37. The third-order valence-corrected chi connectivity index (χ3v) is 5.46. The lowest BCUT2D eigenvalue weighted by molar-refractivity contribution is 0.131. The highest BCUT2D eigenvalue weighted by Crippen LogP contribution is 2.42. The smallest absolute Gasteiger partial charge is 0.191 e. The molecule has 1 aliphatic rings. The summed E-state index contributed by atoms with van der Waals surface area (Å²) >= 11 is 0. The Balaban J connectivity index is 0.00000312. The van der Waals surface area contributed by atoms with Gasteiger partial charge in [-0.15, -0.1) is 24.0 Å². The fraction of sp³-hybridized carbons (Fsp3) is 0.650. The molecule has 1 fully saturated rings. The van der Waals surface area contributed by atoms with Gasteiger partial charge in [-0.1, -0.05) is 44.5 Å². The van der Waals surface area contributed by atoms with Crippen molar-refractivity contribution in [3.05, 3.63) is 35.4 Å². The van der Waals surface area contributed by atoms with E-state index in [0.717, 1.165) is 32.1 Å². The van der Waals surface area contributed by atoms with Gasteiger partial charge in [-0.3, -0.25) is 4.99 Å². The third kappa shape index (κ3) is 6.77. The van der Waals surface area contributed by atoms with Crippen LogP contribution >= 0.6 is 24.0 Å². The molecule has 5 heteroatoms. The minimum absolute atomic E-state index is 0. The molecule has 1 saturated carbocycles. The Labute approximate surface area is 170 Å². The zero-order valence-electron chi connectivity index (χ0n) is 16.3. The summed E-state index contributed by atoms with van der Waals surface area (Å²) in [5, 5.41) is 6.97. The number of hydrogen-bond acceptors (Lipinski definition) is 2. The Morgan fingerprint density at radius 3 is 2.48 bits per heavy atom.